The molecule has 1 N–H and O–H groups in total. The second-order valence-corrected chi connectivity index (χ2v) is 17.2. The van der Waals surface area contributed by atoms with Crippen molar-refractivity contribution >= 4 is 56.6 Å². The van der Waals surface area contributed by atoms with Gasteiger partial charge in [-0.2, -0.15) is 5.10 Å². The highest BCUT2D eigenvalue weighted by Gasteiger charge is 2.29. The molecular formula is C51H53N3O11S. The molecule has 4 aromatic carbocycles. The normalized spacial score (nSPS) is 18.1. The number of esters is 3. The summed E-state index contributed by atoms with van der Waals surface area (Å²) in [5, 5.41) is 5.20. The van der Waals surface area contributed by atoms with Gasteiger partial charge in [-0.05, 0) is 135 Å². The Balaban J connectivity index is 0.881. The molecule has 0 spiro atoms. The molecule has 66 heavy (non-hydrogen) atoms. The number of hydrogen-bond acceptors (Lipinski definition) is 15. The van der Waals surface area contributed by atoms with E-state index in [2.05, 4.69) is 28.7 Å². The first-order valence-electron chi connectivity index (χ1n) is 22.0. The molecular weight excluding hydrogens is 863 g/mol. The first-order valence-corrected chi connectivity index (χ1v) is 22.8. The maximum Gasteiger partial charge on any atom is 0.333 e. The van der Waals surface area contributed by atoms with E-state index >= 15 is 0 Å². The van der Waals surface area contributed by atoms with Crippen molar-refractivity contribution < 1.29 is 52.3 Å². The highest BCUT2D eigenvalue weighted by molar-refractivity contribution is 7.22. The number of aromatic nitrogens is 1. The lowest BCUT2D eigenvalue weighted by atomic mass is 9.79. The van der Waals surface area contributed by atoms with Gasteiger partial charge in [-0.3, -0.25) is 15.0 Å². The van der Waals surface area contributed by atoms with E-state index in [0.717, 1.165) is 72.0 Å². The number of ether oxygens (including phenoxy) is 7. The molecule has 0 atom stereocenters. The van der Waals surface area contributed by atoms with Crippen molar-refractivity contribution in [2.75, 3.05) is 32.2 Å². The fourth-order valence-electron chi connectivity index (χ4n) is 7.84. The van der Waals surface area contributed by atoms with Crippen molar-refractivity contribution in [3.63, 3.8) is 0 Å². The molecule has 2 aliphatic rings. The maximum atomic E-state index is 13.2. The number of anilines is 1. The quantitative estimate of drug-likeness (QED) is 0.0174. The number of benzene rings is 4. The number of para-hydroxylation sites is 1. The van der Waals surface area contributed by atoms with E-state index in [-0.39, 0.29) is 43.1 Å². The third-order valence-electron chi connectivity index (χ3n) is 11.6. The molecule has 0 aliphatic heterocycles. The summed E-state index contributed by atoms with van der Waals surface area (Å²) < 4.78 is 40.0. The number of nitrogens with zero attached hydrogens (tertiary/aromatic N) is 2. The topological polar surface area (TPSA) is 170 Å². The Bertz CT molecular complexity index is 2440. The van der Waals surface area contributed by atoms with E-state index in [4.69, 9.17) is 33.2 Å². The number of ketones is 1. The monoisotopic (exact) mass is 915 g/mol. The van der Waals surface area contributed by atoms with Crippen LogP contribution in [0.15, 0.2) is 121 Å². The van der Waals surface area contributed by atoms with Crippen LogP contribution < -0.4 is 29.1 Å². The Morgan fingerprint density at radius 2 is 1.24 bits per heavy atom. The zero-order chi connectivity index (χ0) is 46.1. The molecule has 1 heterocycles. The highest BCUT2D eigenvalue weighted by atomic mass is 32.1. The zero-order valence-electron chi connectivity index (χ0n) is 36.6. The van der Waals surface area contributed by atoms with Gasteiger partial charge in [-0.15, -0.1) is 0 Å². The van der Waals surface area contributed by atoms with Gasteiger partial charge in [0.1, 0.15) is 34.5 Å². The number of fused-ring (bicyclic) bond motifs is 1. The lowest BCUT2D eigenvalue weighted by Gasteiger charge is -2.28. The van der Waals surface area contributed by atoms with E-state index in [1.54, 1.807) is 42.6 Å². The van der Waals surface area contributed by atoms with Gasteiger partial charge in [0.2, 0.25) is 18.7 Å². The minimum absolute atomic E-state index is 0.0101. The van der Waals surface area contributed by atoms with Crippen LogP contribution in [0.2, 0.25) is 0 Å². The molecule has 0 bridgehead atoms. The maximum absolute atomic E-state index is 13.2. The minimum Gasteiger partial charge on any atom is -0.493 e. The third kappa shape index (κ3) is 14.0. The highest BCUT2D eigenvalue weighted by Crippen LogP contribution is 2.34. The third-order valence-corrected chi connectivity index (χ3v) is 12.6. The lowest BCUT2D eigenvalue weighted by Crippen LogP contribution is -2.27. The van der Waals surface area contributed by atoms with Crippen LogP contribution in [0.4, 0.5) is 5.13 Å². The molecule has 2 aliphatic carbocycles. The Kier molecular flexibility index (Phi) is 16.9. The summed E-state index contributed by atoms with van der Waals surface area (Å²) in [6, 6.07) is 27.5. The van der Waals surface area contributed by atoms with Gasteiger partial charge >= 0.3 is 17.9 Å². The van der Waals surface area contributed by atoms with Crippen molar-refractivity contribution in [3.8, 4) is 28.7 Å². The summed E-state index contributed by atoms with van der Waals surface area (Å²) in [6.07, 6.45) is 10.6. The van der Waals surface area contributed by atoms with E-state index in [1.165, 1.54) is 11.3 Å². The van der Waals surface area contributed by atoms with Crippen molar-refractivity contribution in [3.05, 3.63) is 127 Å². The van der Waals surface area contributed by atoms with E-state index < -0.39 is 11.9 Å². The molecule has 344 valence electrons. The number of hydrazone groups is 1. The fourth-order valence-corrected chi connectivity index (χ4v) is 8.66. The summed E-state index contributed by atoms with van der Waals surface area (Å²) in [5.41, 5.74) is 5.63. The number of carbonyl (C=O) groups is 4. The lowest BCUT2D eigenvalue weighted by molar-refractivity contribution is -0.145. The summed E-state index contributed by atoms with van der Waals surface area (Å²) in [5.74, 6) is 1.99. The number of hydrogen-bond donors (Lipinski definition) is 1. The largest absolute Gasteiger partial charge is 0.493 e. The van der Waals surface area contributed by atoms with Gasteiger partial charge in [-0.25, -0.2) is 14.6 Å². The van der Waals surface area contributed by atoms with E-state index in [0.29, 0.717) is 72.3 Å². The first kappa shape index (κ1) is 47.0. The van der Waals surface area contributed by atoms with Crippen LogP contribution in [0.5, 0.6) is 28.7 Å². The second-order valence-electron chi connectivity index (χ2n) is 16.2. The average Bonchev–Trinajstić information content (AvgIpc) is 3.77. The molecule has 5 aromatic rings. The van der Waals surface area contributed by atoms with Crippen LogP contribution in [-0.4, -0.2) is 61.7 Å². The summed E-state index contributed by atoms with van der Waals surface area (Å²) in [4.78, 5) is 53.3. The SMILES string of the molecule is C=CC(=O)OCOc1ccc(CC(=O)C2CCC(COc3ccc(OCC4CCC(C(=O)Oc5ccc(OCOC(=O)C=C)cc5)CC4)c(/C=N/Nc4nc5ccccc5s4)c3)CC2)cc1. The Morgan fingerprint density at radius 3 is 1.88 bits per heavy atom. The van der Waals surface area contributed by atoms with Gasteiger partial charge in [0.15, 0.2) is 0 Å². The Morgan fingerprint density at radius 1 is 0.667 bits per heavy atom. The number of rotatable bonds is 22. The summed E-state index contributed by atoms with van der Waals surface area (Å²) >= 11 is 1.52. The molecule has 15 heteroatoms. The van der Waals surface area contributed by atoms with Gasteiger partial charge < -0.3 is 33.2 Å². The van der Waals surface area contributed by atoms with Crippen LogP contribution in [-0.2, 0) is 35.1 Å². The summed E-state index contributed by atoms with van der Waals surface area (Å²) in [6.45, 7) is 7.25. The molecule has 2 fully saturated rings. The van der Waals surface area contributed by atoms with Crippen LogP contribution >= 0.6 is 11.3 Å². The van der Waals surface area contributed by atoms with Crippen molar-refractivity contribution in [1.29, 1.82) is 0 Å². The molecule has 0 unspecified atom stereocenters. The molecule has 7 rings (SSSR count). The molecule has 0 radical (unpaired) electrons. The van der Waals surface area contributed by atoms with Crippen molar-refractivity contribution in [2.24, 2.45) is 28.8 Å². The molecule has 2 saturated carbocycles. The first-order chi connectivity index (χ1) is 32.2. The Labute approximate surface area is 387 Å². The predicted molar refractivity (Wildman–Crippen MR) is 250 cm³/mol. The number of thiazole rings is 1. The fraction of sp³-hybridized carbons (Fsp3) is 0.333. The number of nitrogens with one attached hydrogen (secondary N) is 1. The van der Waals surface area contributed by atoms with E-state index in [1.807, 2.05) is 54.6 Å². The second kappa shape index (κ2) is 23.8. The number of carbonyl (C=O) groups excluding carboxylic acids is 4. The van der Waals surface area contributed by atoms with Crippen LogP contribution in [0, 0.1) is 23.7 Å². The van der Waals surface area contributed by atoms with Gasteiger partial charge in [0.25, 0.3) is 0 Å². The molecule has 1 aromatic heterocycles. The van der Waals surface area contributed by atoms with Crippen LogP contribution in [0.25, 0.3) is 10.2 Å². The molecule has 14 nitrogen and oxygen atoms in total. The van der Waals surface area contributed by atoms with Gasteiger partial charge in [0.05, 0.1) is 35.6 Å². The Hall–Kier alpha value is -7.00. The zero-order valence-corrected chi connectivity index (χ0v) is 37.4. The van der Waals surface area contributed by atoms with Gasteiger partial charge in [-0.1, -0.05) is 48.8 Å². The van der Waals surface area contributed by atoms with Crippen LogP contribution in [0.1, 0.15) is 62.5 Å². The molecule has 0 saturated heterocycles. The van der Waals surface area contributed by atoms with Crippen molar-refractivity contribution in [1.82, 2.24) is 4.98 Å². The van der Waals surface area contributed by atoms with Crippen LogP contribution in [0.3, 0.4) is 0 Å². The smallest absolute Gasteiger partial charge is 0.333 e. The van der Waals surface area contributed by atoms with E-state index in [9.17, 15) is 19.2 Å². The molecule has 0 amide bonds. The standard InChI is InChI=1S/C51H53N3O11S/c1-3-48(56)63-32-61-40-19-13-34(14-20-40)27-45(55)37-15-9-35(10-16-37)30-59-43-25-26-46(39(28-43)29-52-54-51-53-44-7-5-6-8-47(44)66-51)60-31-36-11-17-38(18-12-36)50(58)65-42-23-21-41(22-24-42)62-33-64-49(57)4-2/h3-8,13-14,19-26,28-29,35-38H,1-2,9-12,15-18,27,30-33H2,(H,53,54)/b52-29+. The predicted octanol–water partition coefficient (Wildman–Crippen LogP) is 9.66. The van der Waals surface area contributed by atoms with Gasteiger partial charge in [0, 0.05) is 30.1 Å². The minimum atomic E-state index is -0.581. The average molecular weight is 916 g/mol. The van der Waals surface area contributed by atoms with Crippen molar-refractivity contribution in [2.45, 2.75) is 57.8 Å². The summed E-state index contributed by atoms with van der Waals surface area (Å²) in [7, 11) is 0. The number of Topliss-reactive ketones (excluding diaryl/α,β-unsaturated/α-hetero) is 1.